The maximum atomic E-state index is 11.5. The Morgan fingerprint density at radius 3 is 1.59 bits per heavy atom. The fourth-order valence-corrected chi connectivity index (χ4v) is 4.02. The summed E-state index contributed by atoms with van der Waals surface area (Å²) in [5, 5.41) is -1.86. The van der Waals surface area contributed by atoms with E-state index in [0.717, 1.165) is 24.3 Å². The molecule has 0 atom stereocenters. The van der Waals surface area contributed by atoms with Gasteiger partial charge in [0.1, 0.15) is 0 Å². The van der Waals surface area contributed by atoms with Crippen LogP contribution in [0.4, 0.5) is 0 Å². The maximum Gasteiger partial charge on any atom is 0.356 e. The van der Waals surface area contributed by atoms with E-state index >= 15 is 0 Å². The van der Waals surface area contributed by atoms with E-state index in [1.165, 1.54) is 0 Å². The molecule has 6 N–H and O–H groups in total. The quantitative estimate of drug-likeness (QED) is 0.381. The highest BCUT2D eigenvalue weighted by Gasteiger charge is 2.27. The van der Waals surface area contributed by atoms with E-state index in [-0.39, 0.29) is 10.8 Å². The molecule has 0 aliphatic heterocycles. The highest BCUT2D eigenvalue weighted by molar-refractivity contribution is 7.62. The molecule has 0 radical (unpaired) electrons. The molecule has 0 saturated carbocycles. The smallest absolute Gasteiger partial charge is 0.321 e. The normalized spacial score (nSPS) is 13.5. The van der Waals surface area contributed by atoms with Gasteiger partial charge in [0.05, 0.1) is 15.9 Å². The molecule has 2 rings (SSSR count). The van der Waals surface area contributed by atoms with E-state index < -0.39 is 38.7 Å². The van der Waals surface area contributed by atoms with E-state index in [2.05, 4.69) is 0 Å². The van der Waals surface area contributed by atoms with E-state index in [9.17, 15) is 33.3 Å². The number of rotatable bonds is 3. The lowest BCUT2D eigenvalue weighted by atomic mass is 10.1. The van der Waals surface area contributed by atoms with Crippen LogP contribution in [0, 0.1) is 0 Å². The first-order valence-corrected chi connectivity index (χ1v) is 10.4. The van der Waals surface area contributed by atoms with Crippen molar-refractivity contribution in [1.29, 1.82) is 0 Å². The monoisotopic (exact) mass is 368 g/mol. The summed E-state index contributed by atoms with van der Waals surface area (Å²) in [6, 6.07) is 4.66. The standard InChI is InChI=1S/C10H11O9P3/c11-20(12,13)7-1-2-9-6(3-7)4-8(21(14,15)16)5-10(9)22(17,18)19/h1-5H,(H2,11,12,13)(H2,14,15,16)(H2,17,18,19). The van der Waals surface area contributed by atoms with Crippen LogP contribution >= 0.6 is 22.8 Å². The second kappa shape index (κ2) is 5.35. The van der Waals surface area contributed by atoms with Crippen LogP contribution in [0.15, 0.2) is 30.3 Å². The summed E-state index contributed by atoms with van der Waals surface area (Å²) in [4.78, 5) is 55.2. The summed E-state index contributed by atoms with van der Waals surface area (Å²) in [6.07, 6.45) is 0. The molecule has 0 aliphatic rings. The van der Waals surface area contributed by atoms with Crippen molar-refractivity contribution in [3.05, 3.63) is 30.3 Å². The van der Waals surface area contributed by atoms with Crippen molar-refractivity contribution in [2.75, 3.05) is 0 Å². The molecule has 0 aliphatic carbocycles. The van der Waals surface area contributed by atoms with Crippen LogP contribution in [0.3, 0.4) is 0 Å². The first-order valence-electron chi connectivity index (χ1n) is 5.56. The van der Waals surface area contributed by atoms with E-state index in [4.69, 9.17) is 9.79 Å². The molecule has 0 aromatic heterocycles. The van der Waals surface area contributed by atoms with Crippen LogP contribution in [-0.2, 0) is 13.7 Å². The van der Waals surface area contributed by atoms with Crippen LogP contribution < -0.4 is 15.9 Å². The Kier molecular flexibility index (Phi) is 4.26. The van der Waals surface area contributed by atoms with Crippen LogP contribution in [-0.4, -0.2) is 29.4 Å². The summed E-state index contributed by atoms with van der Waals surface area (Å²) in [5.41, 5.74) is 0. The molecule has 9 nitrogen and oxygen atoms in total. The van der Waals surface area contributed by atoms with Gasteiger partial charge in [-0.1, -0.05) is 6.07 Å². The van der Waals surface area contributed by atoms with Crippen LogP contribution in [0.2, 0.25) is 0 Å². The number of hydrogen-bond acceptors (Lipinski definition) is 3. The van der Waals surface area contributed by atoms with Gasteiger partial charge in [-0.3, -0.25) is 13.7 Å². The average Bonchev–Trinajstić information content (AvgIpc) is 2.33. The molecule has 0 amide bonds. The number of hydrogen-bond donors (Lipinski definition) is 6. The first kappa shape index (κ1) is 17.5. The predicted octanol–water partition coefficient (Wildman–Crippen LogP) is -0.751. The van der Waals surface area contributed by atoms with Gasteiger partial charge in [-0.25, -0.2) is 0 Å². The Bertz CT molecular complexity index is 883. The Morgan fingerprint density at radius 2 is 1.14 bits per heavy atom. The van der Waals surface area contributed by atoms with E-state index in [1.807, 2.05) is 0 Å². The number of benzene rings is 2. The summed E-state index contributed by atoms with van der Waals surface area (Å²) in [5.74, 6) is 0. The molecule has 0 bridgehead atoms. The lowest BCUT2D eigenvalue weighted by molar-refractivity contribution is 0.385. The summed E-state index contributed by atoms with van der Waals surface area (Å²) >= 11 is 0. The molecular formula is C10H11O9P3. The minimum atomic E-state index is -4.85. The zero-order chi connectivity index (χ0) is 16.9. The minimum Gasteiger partial charge on any atom is -0.321 e. The Hall–Kier alpha value is -0.850. The summed E-state index contributed by atoms with van der Waals surface area (Å²) in [6.45, 7) is 0. The highest BCUT2D eigenvalue weighted by Crippen LogP contribution is 2.41. The molecule has 0 heterocycles. The van der Waals surface area contributed by atoms with Crippen LogP contribution in [0.25, 0.3) is 10.8 Å². The van der Waals surface area contributed by atoms with Gasteiger partial charge in [0.15, 0.2) is 0 Å². The lowest BCUT2D eigenvalue weighted by Crippen LogP contribution is -2.16. The third kappa shape index (κ3) is 3.55. The summed E-state index contributed by atoms with van der Waals surface area (Å²) < 4.78 is 34.0. The second-order valence-electron chi connectivity index (χ2n) is 4.50. The fraction of sp³-hybridized carbons (Fsp3) is 0. The van der Waals surface area contributed by atoms with Crippen molar-refractivity contribution in [1.82, 2.24) is 0 Å². The topological polar surface area (TPSA) is 173 Å². The molecule has 0 spiro atoms. The van der Waals surface area contributed by atoms with Crippen molar-refractivity contribution >= 4 is 49.5 Å². The van der Waals surface area contributed by atoms with Gasteiger partial charge in [-0.2, -0.15) is 0 Å². The van der Waals surface area contributed by atoms with E-state index in [0.29, 0.717) is 6.07 Å². The van der Waals surface area contributed by atoms with Crippen molar-refractivity contribution in [2.45, 2.75) is 0 Å². The number of fused-ring (bicyclic) bond motifs is 1. The van der Waals surface area contributed by atoms with Gasteiger partial charge < -0.3 is 29.4 Å². The highest BCUT2D eigenvalue weighted by atomic mass is 31.2. The van der Waals surface area contributed by atoms with Crippen molar-refractivity contribution in [3.63, 3.8) is 0 Å². The van der Waals surface area contributed by atoms with Crippen LogP contribution in [0.1, 0.15) is 0 Å². The van der Waals surface area contributed by atoms with Crippen molar-refractivity contribution < 1.29 is 43.1 Å². The van der Waals surface area contributed by atoms with Gasteiger partial charge >= 0.3 is 22.8 Å². The average molecular weight is 368 g/mol. The summed E-state index contributed by atoms with van der Waals surface area (Å²) in [7, 11) is -14.3. The molecule has 22 heavy (non-hydrogen) atoms. The molecule has 120 valence electrons. The first-order chi connectivity index (χ1) is 9.80. The van der Waals surface area contributed by atoms with Gasteiger partial charge in [-0.15, -0.1) is 0 Å². The maximum absolute atomic E-state index is 11.5. The molecule has 0 saturated heterocycles. The molecule has 2 aromatic rings. The van der Waals surface area contributed by atoms with Crippen molar-refractivity contribution in [2.24, 2.45) is 0 Å². The minimum absolute atomic E-state index is 0.0530. The van der Waals surface area contributed by atoms with Gasteiger partial charge in [0.25, 0.3) is 0 Å². The predicted molar refractivity (Wildman–Crippen MR) is 79.0 cm³/mol. The van der Waals surface area contributed by atoms with Crippen molar-refractivity contribution in [3.8, 4) is 0 Å². The molecule has 0 fully saturated rings. The fourth-order valence-electron chi connectivity index (χ4n) is 1.91. The molecular weight excluding hydrogens is 357 g/mol. The Morgan fingerprint density at radius 1 is 0.636 bits per heavy atom. The molecule has 12 heteroatoms. The third-order valence-electron chi connectivity index (χ3n) is 2.89. The largest absolute Gasteiger partial charge is 0.356 e. The third-order valence-corrected chi connectivity index (χ3v) is 5.77. The van der Waals surface area contributed by atoms with Gasteiger partial charge in [0, 0.05) is 0 Å². The van der Waals surface area contributed by atoms with Crippen LogP contribution in [0.5, 0.6) is 0 Å². The SMILES string of the molecule is O=P(O)(O)c1ccc2c(P(=O)(O)O)cc(P(=O)(O)O)cc2c1. The lowest BCUT2D eigenvalue weighted by Gasteiger charge is -2.13. The molecule has 2 aromatic carbocycles. The Labute approximate surface area is 123 Å². The zero-order valence-corrected chi connectivity index (χ0v) is 13.3. The van der Waals surface area contributed by atoms with Gasteiger partial charge in [0.2, 0.25) is 0 Å². The second-order valence-corrected chi connectivity index (χ2v) is 9.28. The Balaban J connectivity index is 2.92. The molecule has 0 unspecified atom stereocenters. The van der Waals surface area contributed by atoms with E-state index in [1.54, 1.807) is 0 Å². The van der Waals surface area contributed by atoms with Gasteiger partial charge in [-0.05, 0) is 35.0 Å². The zero-order valence-electron chi connectivity index (χ0n) is 10.6.